The van der Waals surface area contributed by atoms with Crippen LogP contribution in [0.5, 0.6) is 0 Å². The Labute approximate surface area is 185 Å². The van der Waals surface area contributed by atoms with E-state index in [1.807, 2.05) is 0 Å². The van der Waals surface area contributed by atoms with Crippen LogP contribution in [0.25, 0.3) is 0 Å². The van der Waals surface area contributed by atoms with E-state index in [0.29, 0.717) is 10.0 Å². The average Bonchev–Trinajstić information content (AvgIpc) is 2.71. The minimum absolute atomic E-state index is 0.101. The average molecular weight is 447 g/mol. The van der Waals surface area contributed by atoms with Gasteiger partial charge in [0.2, 0.25) is 6.79 Å². The maximum Gasteiger partial charge on any atom is 0.439 e. The number of imide groups is 1. The first kappa shape index (κ1) is 23.9. The summed E-state index contributed by atoms with van der Waals surface area (Å²) in [4.78, 5) is 50.5. The summed E-state index contributed by atoms with van der Waals surface area (Å²) < 4.78 is 9.58. The van der Waals surface area contributed by atoms with E-state index >= 15 is 0 Å². The molecule has 0 fully saturated rings. The Kier molecular flexibility index (Phi) is 7.77. The summed E-state index contributed by atoms with van der Waals surface area (Å²) >= 11 is 5.89. The Morgan fingerprint density at radius 2 is 1.39 bits per heavy atom. The number of halogens is 1. The third kappa shape index (κ3) is 6.29. The molecule has 8 nitrogen and oxygen atoms in total. The zero-order valence-electron chi connectivity index (χ0n) is 17.6. The molecular formula is C22H23ClN2O6. The predicted molar refractivity (Wildman–Crippen MR) is 113 cm³/mol. The van der Waals surface area contributed by atoms with Crippen LogP contribution < -0.4 is 0 Å². The largest absolute Gasteiger partial charge is 0.439 e. The Balaban J connectivity index is 2.51. The zero-order valence-corrected chi connectivity index (χ0v) is 18.4. The van der Waals surface area contributed by atoms with Crippen molar-refractivity contribution in [2.24, 2.45) is 0 Å². The van der Waals surface area contributed by atoms with Gasteiger partial charge in [0.1, 0.15) is 0 Å². The summed E-state index contributed by atoms with van der Waals surface area (Å²) in [6, 6.07) is 14.0. The van der Waals surface area contributed by atoms with Gasteiger partial charge >= 0.3 is 12.1 Å². The Morgan fingerprint density at radius 3 is 1.90 bits per heavy atom. The molecular weight excluding hydrogens is 424 g/mol. The van der Waals surface area contributed by atoms with Crippen molar-refractivity contribution >= 4 is 35.5 Å². The number of carbonyl (C=O) groups is 4. The Bertz CT molecular complexity index is 954. The topological polar surface area (TPSA) is 93.2 Å². The molecule has 0 aliphatic carbocycles. The number of rotatable bonds is 4. The van der Waals surface area contributed by atoms with Crippen LogP contribution in [0.1, 0.15) is 48.4 Å². The molecule has 0 aromatic heterocycles. The first-order valence-electron chi connectivity index (χ1n) is 9.32. The van der Waals surface area contributed by atoms with Crippen molar-refractivity contribution in [2.75, 3.05) is 6.79 Å². The molecule has 31 heavy (non-hydrogen) atoms. The van der Waals surface area contributed by atoms with Crippen LogP contribution in [0.15, 0.2) is 54.6 Å². The third-order valence-corrected chi connectivity index (χ3v) is 4.20. The number of nitrogens with zero attached hydrogens (tertiary/aromatic N) is 2. The van der Waals surface area contributed by atoms with Gasteiger partial charge in [-0.25, -0.2) is 9.80 Å². The highest BCUT2D eigenvalue weighted by atomic mass is 35.5. The number of hydrogen-bond acceptors (Lipinski definition) is 6. The Morgan fingerprint density at radius 1 is 0.839 bits per heavy atom. The van der Waals surface area contributed by atoms with Crippen molar-refractivity contribution in [3.05, 3.63) is 70.7 Å². The van der Waals surface area contributed by atoms with Gasteiger partial charge in [0.15, 0.2) is 0 Å². The maximum atomic E-state index is 13.3. The van der Waals surface area contributed by atoms with Crippen LogP contribution in [0, 0.1) is 0 Å². The lowest BCUT2D eigenvalue weighted by Crippen LogP contribution is -2.60. The quantitative estimate of drug-likeness (QED) is 0.395. The zero-order chi connectivity index (χ0) is 23.2. The van der Waals surface area contributed by atoms with Gasteiger partial charge in [0.05, 0.1) is 5.54 Å². The van der Waals surface area contributed by atoms with E-state index < -0.39 is 36.2 Å². The normalized spacial score (nSPS) is 10.7. The number of hydrazine groups is 1. The molecule has 0 aliphatic rings. The summed E-state index contributed by atoms with van der Waals surface area (Å²) in [5.41, 5.74) is -0.641. The number of amides is 3. The minimum Gasteiger partial charge on any atom is -0.428 e. The minimum atomic E-state index is -1.18. The van der Waals surface area contributed by atoms with Gasteiger partial charge in [0.25, 0.3) is 11.8 Å². The standard InChI is InChI=1S/C22H23ClN2O6/c1-15(26)30-14-31-21(29)24(19(27)17-10-12-18(23)13-11-17)25(22(2,3)4)20(28)16-8-6-5-7-9-16/h5-13H,14H2,1-4H3. The van der Waals surface area contributed by atoms with E-state index in [0.717, 1.165) is 11.9 Å². The SMILES string of the molecule is CC(=O)OCOC(=O)N(C(=O)c1ccc(Cl)cc1)N(C(=O)c1ccccc1)C(C)(C)C. The first-order chi connectivity index (χ1) is 14.5. The van der Waals surface area contributed by atoms with Crippen LogP contribution in [-0.4, -0.2) is 46.2 Å². The van der Waals surface area contributed by atoms with E-state index in [9.17, 15) is 19.2 Å². The lowest BCUT2D eigenvalue weighted by molar-refractivity contribution is -0.150. The van der Waals surface area contributed by atoms with E-state index in [1.54, 1.807) is 51.1 Å². The van der Waals surface area contributed by atoms with Crippen LogP contribution in [0.4, 0.5) is 4.79 Å². The molecule has 3 amide bonds. The molecule has 0 bridgehead atoms. The molecule has 0 N–H and O–H groups in total. The molecule has 0 aliphatic heterocycles. The number of ether oxygens (including phenoxy) is 2. The summed E-state index contributed by atoms with van der Waals surface area (Å²) in [7, 11) is 0. The fourth-order valence-electron chi connectivity index (χ4n) is 2.59. The molecule has 0 saturated carbocycles. The second kappa shape index (κ2) is 10.1. The maximum absolute atomic E-state index is 13.3. The van der Waals surface area contributed by atoms with Gasteiger partial charge in [-0.05, 0) is 57.2 Å². The van der Waals surface area contributed by atoms with Crippen molar-refractivity contribution in [2.45, 2.75) is 33.2 Å². The monoisotopic (exact) mass is 446 g/mol. The highest BCUT2D eigenvalue weighted by molar-refractivity contribution is 6.30. The summed E-state index contributed by atoms with van der Waals surface area (Å²) in [5.74, 6) is -2.08. The predicted octanol–water partition coefficient (Wildman–Crippen LogP) is 4.30. The molecule has 2 aromatic carbocycles. The van der Waals surface area contributed by atoms with Gasteiger partial charge in [-0.3, -0.25) is 14.4 Å². The molecule has 0 radical (unpaired) electrons. The van der Waals surface area contributed by atoms with Crippen molar-refractivity contribution < 1.29 is 28.7 Å². The molecule has 0 saturated heterocycles. The van der Waals surface area contributed by atoms with Crippen molar-refractivity contribution in [1.29, 1.82) is 0 Å². The molecule has 0 heterocycles. The number of benzene rings is 2. The second-order valence-corrected chi connectivity index (χ2v) is 7.88. The fourth-order valence-corrected chi connectivity index (χ4v) is 2.72. The number of hydrogen-bond donors (Lipinski definition) is 0. The molecule has 0 unspecified atom stereocenters. The van der Waals surface area contributed by atoms with E-state index in [-0.39, 0.29) is 11.1 Å². The van der Waals surface area contributed by atoms with E-state index in [4.69, 9.17) is 16.3 Å². The lowest BCUT2D eigenvalue weighted by Gasteiger charge is -2.41. The van der Waals surface area contributed by atoms with Crippen LogP contribution >= 0.6 is 11.6 Å². The highest BCUT2D eigenvalue weighted by Crippen LogP contribution is 2.24. The van der Waals surface area contributed by atoms with Gasteiger partial charge < -0.3 is 9.47 Å². The highest BCUT2D eigenvalue weighted by Gasteiger charge is 2.41. The lowest BCUT2D eigenvalue weighted by atomic mass is 10.1. The third-order valence-electron chi connectivity index (χ3n) is 3.95. The molecule has 2 aromatic rings. The van der Waals surface area contributed by atoms with E-state index in [1.165, 1.54) is 24.3 Å². The molecule has 0 atom stereocenters. The number of esters is 1. The fraction of sp³-hybridized carbons (Fsp3) is 0.273. The Hall–Kier alpha value is -3.39. The number of carbonyl (C=O) groups excluding carboxylic acids is 4. The first-order valence-corrected chi connectivity index (χ1v) is 9.70. The van der Waals surface area contributed by atoms with Crippen LogP contribution in [0.2, 0.25) is 5.02 Å². The smallest absolute Gasteiger partial charge is 0.428 e. The van der Waals surface area contributed by atoms with Crippen LogP contribution in [-0.2, 0) is 14.3 Å². The van der Waals surface area contributed by atoms with Gasteiger partial charge in [-0.2, -0.15) is 0 Å². The van der Waals surface area contributed by atoms with Gasteiger partial charge in [-0.15, -0.1) is 5.01 Å². The van der Waals surface area contributed by atoms with Crippen molar-refractivity contribution in [1.82, 2.24) is 10.0 Å². The van der Waals surface area contributed by atoms with E-state index in [2.05, 4.69) is 4.74 Å². The molecule has 0 spiro atoms. The summed E-state index contributed by atoms with van der Waals surface area (Å²) in [5, 5.41) is 2.01. The molecule has 9 heteroatoms. The van der Waals surface area contributed by atoms with Gasteiger partial charge in [0, 0.05) is 23.1 Å². The van der Waals surface area contributed by atoms with Gasteiger partial charge in [-0.1, -0.05) is 29.8 Å². The summed E-state index contributed by atoms with van der Waals surface area (Å²) in [6.45, 7) is 5.42. The van der Waals surface area contributed by atoms with Crippen molar-refractivity contribution in [3.63, 3.8) is 0 Å². The van der Waals surface area contributed by atoms with Crippen molar-refractivity contribution in [3.8, 4) is 0 Å². The van der Waals surface area contributed by atoms with Crippen LogP contribution in [0.3, 0.4) is 0 Å². The molecule has 164 valence electrons. The molecule has 2 rings (SSSR count). The second-order valence-electron chi connectivity index (χ2n) is 7.44. The summed E-state index contributed by atoms with van der Waals surface area (Å²) in [6.07, 6.45) is -1.18.